The Balaban J connectivity index is 1.61. The molecular formula is C22H31FN4OS. The van der Waals surface area contributed by atoms with Gasteiger partial charge in [0.05, 0.1) is 19.3 Å². The molecule has 1 fully saturated rings. The second-order valence-electron chi connectivity index (χ2n) is 7.43. The molecule has 1 aliphatic heterocycles. The van der Waals surface area contributed by atoms with Crippen molar-refractivity contribution in [2.45, 2.75) is 32.4 Å². The zero-order valence-electron chi connectivity index (χ0n) is 17.5. The van der Waals surface area contributed by atoms with Crippen LogP contribution in [0.3, 0.4) is 0 Å². The van der Waals surface area contributed by atoms with Gasteiger partial charge in [-0.05, 0) is 43.7 Å². The summed E-state index contributed by atoms with van der Waals surface area (Å²) in [6, 6.07) is 11.6. The molecule has 29 heavy (non-hydrogen) atoms. The van der Waals surface area contributed by atoms with Crippen molar-refractivity contribution in [1.29, 1.82) is 0 Å². The zero-order valence-corrected chi connectivity index (χ0v) is 18.3. The normalized spacial score (nSPS) is 17.7. The summed E-state index contributed by atoms with van der Waals surface area (Å²) in [6.07, 6.45) is 0.962. The minimum absolute atomic E-state index is 0.133. The van der Waals surface area contributed by atoms with Gasteiger partial charge in [-0.1, -0.05) is 12.1 Å². The van der Waals surface area contributed by atoms with Crippen LogP contribution in [0.4, 0.5) is 4.39 Å². The molecule has 1 saturated heterocycles. The Kier molecular flexibility index (Phi) is 8.03. The lowest BCUT2D eigenvalue weighted by Crippen LogP contribution is -2.48. The molecule has 3 rings (SSSR count). The largest absolute Gasteiger partial charge is 0.379 e. The predicted octanol–water partition coefficient (Wildman–Crippen LogP) is 3.37. The number of benzene rings is 1. The molecule has 0 radical (unpaired) electrons. The van der Waals surface area contributed by atoms with Crippen LogP contribution in [0.2, 0.25) is 0 Å². The molecule has 2 aromatic rings. The van der Waals surface area contributed by atoms with Gasteiger partial charge in [0, 0.05) is 48.9 Å². The van der Waals surface area contributed by atoms with Gasteiger partial charge in [0.1, 0.15) is 5.82 Å². The molecule has 0 amide bonds. The summed E-state index contributed by atoms with van der Waals surface area (Å²) in [7, 11) is 1.79. The molecule has 5 nitrogen and oxygen atoms in total. The average Bonchev–Trinajstić information content (AvgIpc) is 3.13. The molecule has 1 aromatic heterocycles. The Hall–Kier alpha value is -1.96. The molecule has 0 bridgehead atoms. The highest BCUT2D eigenvalue weighted by Crippen LogP contribution is 2.22. The molecule has 7 heteroatoms. The van der Waals surface area contributed by atoms with Crippen LogP contribution in [0.1, 0.15) is 28.3 Å². The maximum atomic E-state index is 13.4. The van der Waals surface area contributed by atoms with Crippen LogP contribution in [0.15, 0.2) is 41.4 Å². The first-order valence-electron chi connectivity index (χ1n) is 10.1. The van der Waals surface area contributed by atoms with Crippen molar-refractivity contribution in [1.82, 2.24) is 15.5 Å². The third-order valence-corrected chi connectivity index (χ3v) is 6.14. The molecule has 0 spiro atoms. The summed E-state index contributed by atoms with van der Waals surface area (Å²) in [5, 5.41) is 6.95. The van der Waals surface area contributed by atoms with Gasteiger partial charge in [-0.2, -0.15) is 0 Å². The number of aryl methyl sites for hydroxylation is 1. The first-order chi connectivity index (χ1) is 14.0. The molecular weight excluding hydrogens is 387 g/mol. The van der Waals surface area contributed by atoms with E-state index in [-0.39, 0.29) is 17.9 Å². The van der Waals surface area contributed by atoms with Crippen molar-refractivity contribution in [3.63, 3.8) is 0 Å². The summed E-state index contributed by atoms with van der Waals surface area (Å²) >= 11 is 1.84. The molecule has 158 valence electrons. The van der Waals surface area contributed by atoms with Gasteiger partial charge in [-0.25, -0.2) is 4.39 Å². The van der Waals surface area contributed by atoms with Crippen molar-refractivity contribution in [2.24, 2.45) is 4.99 Å². The third-order valence-electron chi connectivity index (χ3n) is 5.11. The molecule has 0 aliphatic carbocycles. The van der Waals surface area contributed by atoms with Gasteiger partial charge in [0.25, 0.3) is 0 Å². The molecule has 2 heterocycles. The first kappa shape index (κ1) is 21.7. The zero-order chi connectivity index (χ0) is 20.6. The third kappa shape index (κ3) is 6.52. The van der Waals surface area contributed by atoms with E-state index in [1.54, 1.807) is 7.05 Å². The number of hydrogen-bond donors (Lipinski definition) is 2. The lowest BCUT2D eigenvalue weighted by atomic mass is 10.0. The maximum Gasteiger partial charge on any atom is 0.191 e. The van der Waals surface area contributed by atoms with Crippen molar-refractivity contribution in [3.05, 3.63) is 57.5 Å². The van der Waals surface area contributed by atoms with Gasteiger partial charge in [0.15, 0.2) is 5.96 Å². The number of aliphatic imine (C=N–C) groups is 1. The number of halogens is 1. The highest BCUT2D eigenvalue weighted by Gasteiger charge is 2.23. The summed E-state index contributed by atoms with van der Waals surface area (Å²) < 4.78 is 18.9. The SMILES string of the molecule is CN=C(NCC(c1ccc(F)cc1)N1CCOCC1)NC(C)Cc1ccc(C)s1. The van der Waals surface area contributed by atoms with Crippen molar-refractivity contribution in [3.8, 4) is 0 Å². The van der Waals surface area contributed by atoms with Gasteiger partial charge >= 0.3 is 0 Å². The first-order valence-corrected chi connectivity index (χ1v) is 11.0. The number of guanidine groups is 1. The Morgan fingerprint density at radius 1 is 1.21 bits per heavy atom. The van der Waals surface area contributed by atoms with Gasteiger partial charge in [-0.3, -0.25) is 9.89 Å². The molecule has 0 saturated carbocycles. The van der Waals surface area contributed by atoms with Crippen LogP contribution >= 0.6 is 11.3 Å². The standard InChI is InChI=1S/C22H31FN4OS/c1-16(14-20-9-4-17(2)29-20)26-22(24-3)25-15-21(27-10-12-28-13-11-27)18-5-7-19(23)8-6-18/h4-9,16,21H,10-15H2,1-3H3,(H2,24,25,26). The second-order valence-corrected chi connectivity index (χ2v) is 8.80. The van der Waals surface area contributed by atoms with Crippen molar-refractivity contribution in [2.75, 3.05) is 39.9 Å². The van der Waals surface area contributed by atoms with Gasteiger partial charge in [-0.15, -0.1) is 11.3 Å². The van der Waals surface area contributed by atoms with E-state index < -0.39 is 0 Å². The number of nitrogens with one attached hydrogen (secondary N) is 2. The quantitative estimate of drug-likeness (QED) is 0.535. The number of morpholine rings is 1. The molecule has 1 aliphatic rings. The van der Waals surface area contributed by atoms with Gasteiger partial charge < -0.3 is 15.4 Å². The molecule has 1 aromatic carbocycles. The van der Waals surface area contributed by atoms with Crippen molar-refractivity contribution < 1.29 is 9.13 Å². The fourth-order valence-electron chi connectivity index (χ4n) is 3.60. The smallest absolute Gasteiger partial charge is 0.191 e. The van der Waals surface area contributed by atoms with Crippen LogP contribution in [0, 0.1) is 12.7 Å². The summed E-state index contributed by atoms with van der Waals surface area (Å²) in [4.78, 5) is 9.48. The Morgan fingerprint density at radius 3 is 2.55 bits per heavy atom. The Bertz CT molecular complexity index is 786. The minimum Gasteiger partial charge on any atom is -0.379 e. The number of ether oxygens (including phenoxy) is 1. The number of thiophene rings is 1. The Morgan fingerprint density at radius 2 is 1.93 bits per heavy atom. The minimum atomic E-state index is -0.211. The van der Waals surface area contributed by atoms with Crippen LogP contribution in [-0.4, -0.2) is 56.8 Å². The number of nitrogens with zero attached hydrogens (tertiary/aromatic N) is 2. The van der Waals surface area contributed by atoms with Crippen molar-refractivity contribution >= 4 is 17.3 Å². The lowest BCUT2D eigenvalue weighted by Gasteiger charge is -2.35. The number of rotatable bonds is 7. The summed E-state index contributed by atoms with van der Waals surface area (Å²) in [5.74, 6) is 0.573. The lowest BCUT2D eigenvalue weighted by molar-refractivity contribution is 0.0170. The van der Waals surface area contributed by atoms with Crippen LogP contribution in [-0.2, 0) is 11.2 Å². The van der Waals surface area contributed by atoms with Crippen LogP contribution < -0.4 is 10.6 Å². The maximum absolute atomic E-state index is 13.4. The monoisotopic (exact) mass is 418 g/mol. The van der Waals surface area contributed by atoms with Crippen LogP contribution in [0.5, 0.6) is 0 Å². The molecule has 2 unspecified atom stereocenters. The second kappa shape index (κ2) is 10.7. The molecule has 2 atom stereocenters. The van der Waals surface area contributed by atoms with E-state index in [0.717, 1.165) is 44.2 Å². The molecule has 2 N–H and O–H groups in total. The van der Waals surface area contributed by atoms with Gasteiger partial charge in [0.2, 0.25) is 0 Å². The highest BCUT2D eigenvalue weighted by molar-refractivity contribution is 7.11. The fourth-order valence-corrected chi connectivity index (χ4v) is 4.62. The highest BCUT2D eigenvalue weighted by atomic mass is 32.1. The summed E-state index contributed by atoms with van der Waals surface area (Å²) in [6.45, 7) is 8.17. The topological polar surface area (TPSA) is 48.9 Å². The average molecular weight is 419 g/mol. The van der Waals surface area contributed by atoms with E-state index in [1.807, 2.05) is 23.5 Å². The van der Waals surface area contributed by atoms with E-state index in [0.29, 0.717) is 6.54 Å². The predicted molar refractivity (Wildman–Crippen MR) is 118 cm³/mol. The summed E-state index contributed by atoms with van der Waals surface area (Å²) in [5.41, 5.74) is 1.10. The van der Waals surface area contributed by atoms with E-state index in [2.05, 4.69) is 46.5 Å². The van der Waals surface area contributed by atoms with Crippen LogP contribution in [0.25, 0.3) is 0 Å². The van der Waals surface area contributed by atoms with E-state index >= 15 is 0 Å². The number of hydrogen-bond acceptors (Lipinski definition) is 4. The Labute approximate surface area is 177 Å². The van der Waals surface area contributed by atoms with E-state index in [1.165, 1.54) is 21.9 Å². The fraction of sp³-hybridized carbons (Fsp3) is 0.500. The van der Waals surface area contributed by atoms with E-state index in [4.69, 9.17) is 4.74 Å². The van der Waals surface area contributed by atoms with E-state index in [9.17, 15) is 4.39 Å².